The Labute approximate surface area is 137 Å². The van der Waals surface area contributed by atoms with Gasteiger partial charge in [-0.2, -0.15) is 0 Å². The van der Waals surface area contributed by atoms with Gasteiger partial charge in [0.1, 0.15) is 6.61 Å². The van der Waals surface area contributed by atoms with E-state index in [0.717, 1.165) is 0 Å². The summed E-state index contributed by atoms with van der Waals surface area (Å²) in [6.07, 6.45) is -0.950. The number of hydrogen-bond acceptors (Lipinski definition) is 8. The van der Waals surface area contributed by atoms with E-state index < -0.39 is 23.5 Å². The fourth-order valence-electron chi connectivity index (χ4n) is 4.31. The lowest BCUT2D eigenvalue weighted by molar-refractivity contribution is -0.137. The summed E-state index contributed by atoms with van der Waals surface area (Å²) < 4.78 is 10.8. The van der Waals surface area contributed by atoms with Gasteiger partial charge in [0.15, 0.2) is 5.72 Å². The van der Waals surface area contributed by atoms with Crippen molar-refractivity contribution in [2.24, 2.45) is 17.4 Å². The summed E-state index contributed by atoms with van der Waals surface area (Å²) in [4.78, 5) is 38.4. The van der Waals surface area contributed by atoms with E-state index in [9.17, 15) is 14.4 Å². The molecular weight excluding hydrogens is 316 g/mol. The molecule has 2 saturated heterocycles. The Balaban J connectivity index is 1.85. The van der Waals surface area contributed by atoms with Crippen LogP contribution in [0.1, 0.15) is 6.92 Å². The highest BCUT2D eigenvalue weighted by Crippen LogP contribution is 2.55. The first-order chi connectivity index (χ1) is 11.3. The molecule has 3 heterocycles. The number of methoxy groups -OCH3 is 1. The van der Waals surface area contributed by atoms with Crippen LogP contribution in [0.2, 0.25) is 0 Å². The number of primary amides is 1. The summed E-state index contributed by atoms with van der Waals surface area (Å²) in [5.74, 6) is -1.34. The highest BCUT2D eigenvalue weighted by atomic mass is 16.6. The molecule has 0 spiro atoms. The number of hydrogen-bond donors (Lipinski definition) is 3. The Morgan fingerprint density at radius 1 is 1.42 bits per heavy atom. The summed E-state index contributed by atoms with van der Waals surface area (Å²) in [6.45, 7) is 1.92. The van der Waals surface area contributed by atoms with Crippen molar-refractivity contribution in [2.45, 2.75) is 24.7 Å². The molecule has 0 bridgehead atoms. The minimum atomic E-state index is -0.957. The van der Waals surface area contributed by atoms with Crippen LogP contribution in [0.15, 0.2) is 22.5 Å². The summed E-state index contributed by atoms with van der Waals surface area (Å²) in [5.41, 5.74) is 10.7. The normalized spacial score (nSPS) is 36.8. The molecule has 0 saturated carbocycles. The van der Waals surface area contributed by atoms with E-state index in [1.54, 1.807) is 0 Å². The van der Waals surface area contributed by atoms with E-state index in [4.69, 9.17) is 20.9 Å². The number of carbonyl (C=O) groups is 3. The maximum atomic E-state index is 12.8. The number of allylic oxidation sites excluding steroid dienone is 2. The van der Waals surface area contributed by atoms with Gasteiger partial charge < -0.3 is 31.2 Å². The zero-order valence-corrected chi connectivity index (χ0v) is 13.3. The van der Waals surface area contributed by atoms with Gasteiger partial charge in [0.25, 0.3) is 0 Å². The number of nitrogens with two attached hydrogens (primary N) is 2. The van der Waals surface area contributed by atoms with Gasteiger partial charge in [0.05, 0.1) is 23.4 Å². The van der Waals surface area contributed by atoms with Crippen molar-refractivity contribution in [1.82, 2.24) is 10.2 Å². The molecule has 5 N–H and O–H groups in total. The van der Waals surface area contributed by atoms with Crippen molar-refractivity contribution in [1.29, 1.82) is 0 Å². The molecule has 9 nitrogen and oxygen atoms in total. The first kappa shape index (κ1) is 15.2. The van der Waals surface area contributed by atoms with Gasteiger partial charge in [-0.15, -0.1) is 0 Å². The van der Waals surface area contributed by atoms with Crippen LogP contribution in [0.5, 0.6) is 0 Å². The molecular formula is C15H18N4O5. The maximum absolute atomic E-state index is 12.8. The van der Waals surface area contributed by atoms with E-state index in [-0.39, 0.29) is 41.3 Å². The summed E-state index contributed by atoms with van der Waals surface area (Å²) in [7, 11) is 1.52. The number of ether oxygens (including phenoxy) is 2. The number of amides is 1. The smallest absolute Gasteiger partial charge is 0.404 e. The molecule has 24 heavy (non-hydrogen) atoms. The highest BCUT2D eigenvalue weighted by molar-refractivity contribution is 6.25. The Kier molecular flexibility index (Phi) is 2.89. The van der Waals surface area contributed by atoms with Crippen molar-refractivity contribution in [2.75, 3.05) is 20.3 Å². The maximum Gasteiger partial charge on any atom is 0.404 e. The number of nitrogens with one attached hydrogen (secondary N) is 1. The highest BCUT2D eigenvalue weighted by Gasteiger charge is 2.72. The van der Waals surface area contributed by atoms with E-state index >= 15 is 0 Å². The molecule has 1 aliphatic carbocycles. The van der Waals surface area contributed by atoms with Crippen molar-refractivity contribution >= 4 is 17.7 Å². The molecule has 0 aromatic heterocycles. The third-order valence-electron chi connectivity index (χ3n) is 5.47. The number of nitrogens with zero attached hydrogens (tertiary/aromatic N) is 1. The fourth-order valence-corrected chi connectivity index (χ4v) is 4.31. The third kappa shape index (κ3) is 1.58. The topological polar surface area (TPSA) is 147 Å². The fraction of sp³-hybridized carbons (Fsp3) is 0.533. The van der Waals surface area contributed by atoms with Crippen LogP contribution in [0, 0.1) is 5.92 Å². The van der Waals surface area contributed by atoms with Gasteiger partial charge in [0, 0.05) is 30.8 Å². The summed E-state index contributed by atoms with van der Waals surface area (Å²) >= 11 is 0. The average Bonchev–Trinajstić information content (AvgIpc) is 3.16. The monoisotopic (exact) mass is 334 g/mol. The first-order valence-electron chi connectivity index (χ1n) is 7.65. The Morgan fingerprint density at radius 3 is 2.75 bits per heavy atom. The first-order valence-corrected chi connectivity index (χ1v) is 7.65. The predicted octanol–water partition coefficient (Wildman–Crippen LogP) is -1.65. The second-order valence-corrected chi connectivity index (χ2v) is 6.46. The van der Waals surface area contributed by atoms with Crippen molar-refractivity contribution in [3.8, 4) is 0 Å². The van der Waals surface area contributed by atoms with E-state index in [2.05, 4.69) is 5.32 Å². The van der Waals surface area contributed by atoms with Crippen LogP contribution in [0.3, 0.4) is 0 Å². The van der Waals surface area contributed by atoms with Crippen molar-refractivity contribution in [3.05, 3.63) is 22.5 Å². The molecule has 4 rings (SSSR count). The Hall–Kier alpha value is -2.39. The Morgan fingerprint density at radius 2 is 2.12 bits per heavy atom. The second kappa shape index (κ2) is 4.58. The number of fused-ring (bicyclic) bond motifs is 4. The molecule has 0 aromatic rings. The lowest BCUT2D eigenvalue weighted by atomic mass is 9.82. The number of carbonyl (C=O) groups excluding carboxylic acids is 3. The SMILES string of the molecule is CO[C@@]12[C@H](COC(N)=O)C3=C(C(=O)C(C)=C(N)C3=O)N1C[C@H]1N[C@@H]12. The van der Waals surface area contributed by atoms with Gasteiger partial charge in [-0.3, -0.25) is 9.59 Å². The van der Waals surface area contributed by atoms with Gasteiger partial charge in [-0.05, 0) is 6.92 Å². The van der Waals surface area contributed by atoms with Crippen LogP contribution >= 0.6 is 0 Å². The van der Waals surface area contributed by atoms with Crippen LogP contribution in [-0.4, -0.2) is 60.6 Å². The standard InChI is InChI=1S/C15H18N4O5/c1-5-9(16)12(21)8-6(4-24-14(17)22)15(23-2)13-7(18-13)3-19(15)10(8)11(5)20/h6-7,13,18H,3-4,16H2,1-2H3,(H2,17,22)/t6-,7-,13+,15-/m1/s1. The van der Waals surface area contributed by atoms with Crippen LogP contribution in [0.4, 0.5) is 4.79 Å². The molecule has 4 aliphatic rings. The minimum Gasteiger partial charge on any atom is -0.449 e. The number of Topliss-reactive ketones (excluding diaryl/α,β-unsaturated/α-hetero) is 2. The summed E-state index contributed by atoms with van der Waals surface area (Å²) in [5, 5.41) is 3.28. The zero-order chi connectivity index (χ0) is 17.4. The molecule has 2 fully saturated rings. The van der Waals surface area contributed by atoms with E-state index in [0.29, 0.717) is 12.2 Å². The minimum absolute atomic E-state index is 0.0586. The number of piperazine rings is 1. The van der Waals surface area contributed by atoms with Crippen LogP contribution in [0.25, 0.3) is 0 Å². The van der Waals surface area contributed by atoms with Gasteiger partial charge in [-0.1, -0.05) is 0 Å². The molecule has 1 amide bonds. The molecule has 128 valence electrons. The summed E-state index contributed by atoms with van der Waals surface area (Å²) in [6, 6.07) is 0.109. The predicted molar refractivity (Wildman–Crippen MR) is 80.1 cm³/mol. The molecule has 9 heteroatoms. The Bertz CT molecular complexity index is 757. The van der Waals surface area contributed by atoms with Crippen LogP contribution < -0.4 is 16.8 Å². The third-order valence-corrected chi connectivity index (χ3v) is 5.47. The zero-order valence-electron chi connectivity index (χ0n) is 13.3. The molecule has 0 aromatic carbocycles. The molecule has 0 unspecified atom stereocenters. The quantitative estimate of drug-likeness (QED) is 0.411. The average molecular weight is 334 g/mol. The van der Waals surface area contributed by atoms with Crippen LogP contribution in [-0.2, 0) is 19.1 Å². The van der Waals surface area contributed by atoms with Gasteiger partial charge >= 0.3 is 6.09 Å². The van der Waals surface area contributed by atoms with E-state index in [1.807, 2.05) is 4.90 Å². The van der Waals surface area contributed by atoms with Gasteiger partial charge in [-0.25, -0.2) is 4.79 Å². The van der Waals surface area contributed by atoms with Crippen molar-refractivity contribution < 1.29 is 23.9 Å². The van der Waals surface area contributed by atoms with E-state index in [1.165, 1.54) is 14.0 Å². The lowest BCUT2D eigenvalue weighted by Crippen LogP contribution is -2.55. The molecule has 4 atom stereocenters. The second-order valence-electron chi connectivity index (χ2n) is 6.46. The molecule has 3 aliphatic heterocycles. The number of rotatable bonds is 3. The largest absolute Gasteiger partial charge is 0.449 e. The number of ketones is 2. The van der Waals surface area contributed by atoms with Crippen molar-refractivity contribution in [3.63, 3.8) is 0 Å². The van der Waals surface area contributed by atoms with Gasteiger partial charge in [0.2, 0.25) is 11.6 Å². The molecule has 0 radical (unpaired) electrons. The lowest BCUT2D eigenvalue weighted by Gasteiger charge is -2.39.